The maximum atomic E-state index is 6.21. The van der Waals surface area contributed by atoms with Crippen LogP contribution >= 0.6 is 0 Å². The Morgan fingerprint density at radius 2 is 1.75 bits per heavy atom. The van der Waals surface area contributed by atoms with Gasteiger partial charge >= 0.3 is 0 Å². The summed E-state index contributed by atoms with van der Waals surface area (Å²) >= 11 is 0. The van der Waals surface area contributed by atoms with Crippen molar-refractivity contribution in [3.63, 3.8) is 0 Å². The summed E-state index contributed by atoms with van der Waals surface area (Å²) in [5.74, 6) is 0.152. The number of ether oxygens (including phenoxy) is 2. The molecule has 1 heterocycles. The molecule has 1 unspecified atom stereocenters. The Hall–Kier alpha value is -2.86. The van der Waals surface area contributed by atoms with Crippen molar-refractivity contribution in [3.05, 3.63) is 78.9 Å². The monoisotopic (exact) mass is 431 g/mol. The van der Waals surface area contributed by atoms with E-state index in [0.717, 1.165) is 42.6 Å². The second-order valence-corrected chi connectivity index (χ2v) is 8.59. The quantitative estimate of drug-likeness (QED) is 0.505. The zero-order valence-electron chi connectivity index (χ0n) is 18.4. The molecule has 1 atom stereocenters. The Balaban J connectivity index is 1.16. The predicted molar refractivity (Wildman–Crippen MR) is 126 cm³/mol. The standard InChI is InChI=1S/C27H29NO4/c1-19(20-10-12-23(29-2)13-11-20)26-18-30-27(32-31-26)16-14-22(15-17-27)28-25-9-5-7-21-6-3-4-8-24(21)25/h3-13,22,26,28H,1,14-18H2,2H3. The second-order valence-electron chi connectivity index (χ2n) is 8.59. The first-order valence-corrected chi connectivity index (χ1v) is 11.2. The fourth-order valence-electron chi connectivity index (χ4n) is 4.58. The first kappa shape index (κ1) is 21.0. The van der Waals surface area contributed by atoms with Gasteiger partial charge in [-0.25, -0.2) is 9.78 Å². The Labute approximate surface area is 188 Å². The maximum absolute atomic E-state index is 6.21. The molecule has 0 radical (unpaired) electrons. The van der Waals surface area contributed by atoms with Crippen LogP contribution in [0.25, 0.3) is 16.3 Å². The number of anilines is 1. The van der Waals surface area contributed by atoms with Crippen LogP contribution < -0.4 is 10.1 Å². The molecule has 2 fully saturated rings. The number of rotatable bonds is 5. The van der Waals surface area contributed by atoms with Gasteiger partial charge in [-0.3, -0.25) is 0 Å². The summed E-state index contributed by atoms with van der Waals surface area (Å²) in [5.41, 5.74) is 3.01. The molecule has 1 spiro atoms. The van der Waals surface area contributed by atoms with Gasteiger partial charge in [-0.05, 0) is 47.6 Å². The van der Waals surface area contributed by atoms with Gasteiger partial charge in [0.15, 0.2) is 0 Å². The molecule has 3 aromatic rings. The number of fused-ring (bicyclic) bond motifs is 1. The zero-order chi connectivity index (χ0) is 22.0. The van der Waals surface area contributed by atoms with Crippen LogP contribution in [0.4, 0.5) is 5.69 Å². The minimum Gasteiger partial charge on any atom is -0.497 e. The minimum atomic E-state index is -0.659. The Bertz CT molecular complexity index is 1070. The van der Waals surface area contributed by atoms with E-state index in [9.17, 15) is 0 Å². The lowest BCUT2D eigenvalue weighted by molar-refractivity contribution is -0.483. The highest BCUT2D eigenvalue weighted by molar-refractivity contribution is 5.93. The van der Waals surface area contributed by atoms with E-state index in [0.29, 0.717) is 12.6 Å². The van der Waals surface area contributed by atoms with Gasteiger partial charge in [0.2, 0.25) is 5.79 Å². The van der Waals surface area contributed by atoms with Crippen LogP contribution in [0.3, 0.4) is 0 Å². The molecular formula is C27H29NO4. The molecule has 1 saturated carbocycles. The number of methoxy groups -OCH3 is 1. The highest BCUT2D eigenvalue weighted by Crippen LogP contribution is 2.39. The van der Waals surface area contributed by atoms with Crippen molar-refractivity contribution < 1.29 is 19.2 Å². The lowest BCUT2D eigenvalue weighted by atomic mass is 9.89. The van der Waals surface area contributed by atoms with Gasteiger partial charge in [0.25, 0.3) is 0 Å². The van der Waals surface area contributed by atoms with E-state index in [2.05, 4.69) is 54.4 Å². The Morgan fingerprint density at radius 1 is 1.00 bits per heavy atom. The third kappa shape index (κ3) is 4.24. The summed E-state index contributed by atoms with van der Waals surface area (Å²) in [6.45, 7) is 4.62. The topological polar surface area (TPSA) is 49.0 Å². The van der Waals surface area contributed by atoms with Crippen LogP contribution in [-0.2, 0) is 14.5 Å². The van der Waals surface area contributed by atoms with Crippen molar-refractivity contribution in [3.8, 4) is 5.75 Å². The molecule has 5 rings (SSSR count). The number of hydrogen-bond acceptors (Lipinski definition) is 5. The molecule has 3 aromatic carbocycles. The molecule has 32 heavy (non-hydrogen) atoms. The molecule has 5 nitrogen and oxygen atoms in total. The number of benzene rings is 3. The molecule has 1 aliphatic heterocycles. The van der Waals surface area contributed by atoms with Crippen molar-refractivity contribution in [1.82, 2.24) is 0 Å². The van der Waals surface area contributed by atoms with E-state index in [1.807, 2.05) is 24.3 Å². The van der Waals surface area contributed by atoms with E-state index in [1.165, 1.54) is 16.5 Å². The van der Waals surface area contributed by atoms with Crippen molar-refractivity contribution in [2.45, 2.75) is 43.6 Å². The number of hydrogen-bond donors (Lipinski definition) is 1. The van der Waals surface area contributed by atoms with Crippen LogP contribution in [0.5, 0.6) is 5.75 Å². The third-order valence-corrected chi connectivity index (χ3v) is 6.56. The normalized spacial score (nSPS) is 25.5. The van der Waals surface area contributed by atoms with Crippen LogP contribution in [0.1, 0.15) is 31.2 Å². The maximum Gasteiger partial charge on any atom is 0.201 e. The van der Waals surface area contributed by atoms with Crippen LogP contribution in [-0.4, -0.2) is 31.6 Å². The SMILES string of the molecule is C=C(c1ccc(OC)cc1)C1COC2(CCC(Nc3cccc4ccccc34)CC2)OO1. The summed E-state index contributed by atoms with van der Waals surface area (Å²) in [6, 6.07) is 23.0. The fraction of sp³-hybridized carbons (Fsp3) is 0.333. The Morgan fingerprint density at radius 3 is 2.47 bits per heavy atom. The lowest BCUT2D eigenvalue weighted by Gasteiger charge is -2.43. The summed E-state index contributed by atoms with van der Waals surface area (Å²) in [5, 5.41) is 6.23. The third-order valence-electron chi connectivity index (χ3n) is 6.56. The lowest BCUT2D eigenvalue weighted by Crippen LogP contribution is -2.49. The van der Waals surface area contributed by atoms with E-state index in [4.69, 9.17) is 19.2 Å². The van der Waals surface area contributed by atoms with Gasteiger partial charge in [-0.1, -0.05) is 55.1 Å². The average molecular weight is 432 g/mol. The van der Waals surface area contributed by atoms with E-state index < -0.39 is 5.79 Å². The summed E-state index contributed by atoms with van der Waals surface area (Å²) in [6.07, 6.45) is 3.17. The average Bonchev–Trinajstić information content (AvgIpc) is 2.86. The first-order chi connectivity index (χ1) is 15.7. The Kier molecular flexibility index (Phi) is 5.87. The molecule has 0 aromatic heterocycles. The molecule has 2 aliphatic rings. The smallest absolute Gasteiger partial charge is 0.201 e. The van der Waals surface area contributed by atoms with Crippen LogP contribution in [0.15, 0.2) is 73.3 Å². The van der Waals surface area contributed by atoms with Gasteiger partial charge in [-0.2, -0.15) is 0 Å². The summed E-state index contributed by atoms with van der Waals surface area (Å²) < 4.78 is 11.4. The zero-order valence-corrected chi connectivity index (χ0v) is 18.4. The molecule has 1 saturated heterocycles. The van der Waals surface area contributed by atoms with Gasteiger partial charge in [0, 0.05) is 30.0 Å². The van der Waals surface area contributed by atoms with Crippen molar-refractivity contribution in [2.24, 2.45) is 0 Å². The van der Waals surface area contributed by atoms with Crippen LogP contribution in [0.2, 0.25) is 0 Å². The summed E-state index contributed by atoms with van der Waals surface area (Å²) in [4.78, 5) is 11.6. The predicted octanol–water partition coefficient (Wildman–Crippen LogP) is 5.96. The highest BCUT2D eigenvalue weighted by Gasteiger charge is 2.43. The van der Waals surface area contributed by atoms with Crippen molar-refractivity contribution >= 4 is 22.0 Å². The molecular weight excluding hydrogens is 402 g/mol. The second kappa shape index (κ2) is 8.94. The van der Waals surface area contributed by atoms with Gasteiger partial charge in [0.05, 0.1) is 13.7 Å². The van der Waals surface area contributed by atoms with Crippen LogP contribution in [0, 0.1) is 0 Å². The molecule has 1 aliphatic carbocycles. The van der Waals surface area contributed by atoms with E-state index >= 15 is 0 Å². The minimum absolute atomic E-state index is 0.319. The largest absolute Gasteiger partial charge is 0.497 e. The van der Waals surface area contributed by atoms with E-state index in [-0.39, 0.29) is 6.10 Å². The van der Waals surface area contributed by atoms with Crippen molar-refractivity contribution in [2.75, 3.05) is 19.0 Å². The van der Waals surface area contributed by atoms with Crippen molar-refractivity contribution in [1.29, 1.82) is 0 Å². The summed E-state index contributed by atoms with van der Waals surface area (Å²) in [7, 11) is 1.65. The molecule has 1 N–H and O–H groups in total. The molecule has 166 valence electrons. The highest BCUT2D eigenvalue weighted by atomic mass is 17.2. The van der Waals surface area contributed by atoms with Gasteiger partial charge in [-0.15, -0.1) is 0 Å². The van der Waals surface area contributed by atoms with E-state index in [1.54, 1.807) is 7.11 Å². The van der Waals surface area contributed by atoms with Gasteiger partial charge < -0.3 is 14.8 Å². The molecule has 5 heteroatoms. The fourth-order valence-corrected chi connectivity index (χ4v) is 4.58. The van der Waals surface area contributed by atoms with Gasteiger partial charge in [0.1, 0.15) is 11.9 Å². The molecule has 0 amide bonds. The first-order valence-electron chi connectivity index (χ1n) is 11.2. The molecule has 0 bridgehead atoms. The number of nitrogens with one attached hydrogen (secondary N) is 1.